The molecule has 6 heteroatoms. The van der Waals surface area contributed by atoms with Crippen molar-refractivity contribution in [1.82, 2.24) is 4.98 Å². The number of hydrogen-bond acceptors (Lipinski definition) is 1. The van der Waals surface area contributed by atoms with Gasteiger partial charge >= 0.3 is 0 Å². The first-order valence-electron chi connectivity index (χ1n) is 4.45. The SMILES string of the molecule is Fc1nccc(I)c1-c1cc(Cl)c(Cl)cc1Cl. The van der Waals surface area contributed by atoms with E-state index >= 15 is 0 Å². The van der Waals surface area contributed by atoms with E-state index in [1.807, 2.05) is 22.6 Å². The Kier molecular flexibility index (Phi) is 4.13. The predicted molar refractivity (Wildman–Crippen MR) is 77.4 cm³/mol. The summed E-state index contributed by atoms with van der Waals surface area (Å²) in [5.41, 5.74) is 0.813. The lowest BCUT2D eigenvalue weighted by molar-refractivity contribution is 0.586. The molecular formula is C11H4Cl3FIN. The molecule has 0 radical (unpaired) electrons. The second kappa shape index (κ2) is 5.26. The lowest BCUT2D eigenvalue weighted by atomic mass is 10.1. The molecule has 0 fully saturated rings. The van der Waals surface area contributed by atoms with Crippen LogP contribution in [0.5, 0.6) is 0 Å². The van der Waals surface area contributed by atoms with Gasteiger partial charge in [0.15, 0.2) is 0 Å². The average molecular weight is 402 g/mol. The molecule has 17 heavy (non-hydrogen) atoms. The van der Waals surface area contributed by atoms with E-state index in [-0.39, 0.29) is 0 Å². The normalized spacial score (nSPS) is 10.6. The van der Waals surface area contributed by atoms with E-state index < -0.39 is 5.95 Å². The molecule has 0 aliphatic heterocycles. The lowest BCUT2D eigenvalue weighted by Gasteiger charge is -2.09. The lowest BCUT2D eigenvalue weighted by Crippen LogP contribution is -1.93. The zero-order chi connectivity index (χ0) is 12.6. The second-order valence-electron chi connectivity index (χ2n) is 3.20. The number of rotatable bonds is 1. The molecule has 0 unspecified atom stereocenters. The summed E-state index contributed by atoms with van der Waals surface area (Å²) >= 11 is 19.8. The molecule has 0 N–H and O–H groups in total. The topological polar surface area (TPSA) is 12.9 Å². The third kappa shape index (κ3) is 2.67. The van der Waals surface area contributed by atoms with Crippen molar-refractivity contribution in [3.63, 3.8) is 0 Å². The number of hydrogen-bond donors (Lipinski definition) is 0. The van der Waals surface area contributed by atoms with Gasteiger partial charge in [-0.3, -0.25) is 0 Å². The Morgan fingerprint density at radius 2 is 1.71 bits per heavy atom. The van der Waals surface area contributed by atoms with Crippen molar-refractivity contribution in [1.29, 1.82) is 0 Å². The molecule has 0 spiro atoms. The van der Waals surface area contributed by atoms with Gasteiger partial charge < -0.3 is 0 Å². The Balaban J connectivity index is 2.73. The minimum absolute atomic E-state index is 0.324. The molecule has 2 rings (SSSR count). The molecule has 1 nitrogen and oxygen atoms in total. The molecule has 0 saturated heterocycles. The van der Waals surface area contributed by atoms with E-state index in [2.05, 4.69) is 4.98 Å². The predicted octanol–water partition coefficient (Wildman–Crippen LogP) is 5.45. The summed E-state index contributed by atoms with van der Waals surface area (Å²) in [5.74, 6) is -0.586. The first kappa shape index (κ1) is 13.3. The number of halogens is 5. The van der Waals surface area contributed by atoms with Crippen LogP contribution in [0.25, 0.3) is 11.1 Å². The maximum absolute atomic E-state index is 13.7. The highest BCUT2D eigenvalue weighted by atomic mass is 127. The highest BCUT2D eigenvalue weighted by molar-refractivity contribution is 14.1. The van der Waals surface area contributed by atoms with Gasteiger partial charge in [-0.05, 0) is 40.8 Å². The Morgan fingerprint density at radius 1 is 1.06 bits per heavy atom. The third-order valence-corrected chi connectivity index (χ3v) is 4.07. The number of benzene rings is 1. The Bertz CT molecular complexity index is 569. The summed E-state index contributed by atoms with van der Waals surface area (Å²) in [6, 6.07) is 4.72. The smallest absolute Gasteiger partial charge is 0.221 e. The summed E-state index contributed by atoms with van der Waals surface area (Å²) in [4.78, 5) is 3.60. The van der Waals surface area contributed by atoms with Crippen molar-refractivity contribution < 1.29 is 4.39 Å². The minimum atomic E-state index is -0.586. The van der Waals surface area contributed by atoms with Crippen LogP contribution in [-0.2, 0) is 0 Å². The van der Waals surface area contributed by atoms with Crippen molar-refractivity contribution in [3.05, 3.63) is 49.0 Å². The average Bonchev–Trinajstić information content (AvgIpc) is 2.25. The van der Waals surface area contributed by atoms with E-state index in [1.165, 1.54) is 18.3 Å². The summed E-state index contributed by atoms with van der Waals surface area (Å²) in [6.07, 6.45) is 1.39. The standard InChI is InChI=1S/C11H4Cl3FIN/c12-6-4-8(14)7(13)3-5(6)10-9(16)1-2-17-11(10)15/h1-4H. The fourth-order valence-corrected chi connectivity index (χ4v) is 2.68. The van der Waals surface area contributed by atoms with Crippen LogP contribution in [0, 0.1) is 9.52 Å². The van der Waals surface area contributed by atoms with E-state index in [0.717, 1.165) is 0 Å². The van der Waals surface area contributed by atoms with Gasteiger partial charge in [-0.15, -0.1) is 0 Å². The largest absolute Gasteiger partial charge is 0.228 e. The maximum atomic E-state index is 13.7. The molecule has 0 amide bonds. The van der Waals surface area contributed by atoms with Crippen LogP contribution in [0.4, 0.5) is 4.39 Å². The zero-order valence-electron chi connectivity index (χ0n) is 8.15. The maximum Gasteiger partial charge on any atom is 0.221 e. The summed E-state index contributed by atoms with van der Waals surface area (Å²) in [7, 11) is 0. The van der Waals surface area contributed by atoms with Crippen LogP contribution in [0.15, 0.2) is 24.4 Å². The molecule has 0 atom stereocenters. The van der Waals surface area contributed by atoms with Crippen LogP contribution < -0.4 is 0 Å². The first-order chi connectivity index (χ1) is 8.00. The molecule has 0 aliphatic carbocycles. The number of nitrogens with zero attached hydrogens (tertiary/aromatic N) is 1. The molecular weight excluding hydrogens is 398 g/mol. The van der Waals surface area contributed by atoms with Gasteiger partial charge in [0, 0.05) is 15.3 Å². The van der Waals surface area contributed by atoms with Gasteiger partial charge in [0.25, 0.3) is 0 Å². The van der Waals surface area contributed by atoms with E-state index in [9.17, 15) is 4.39 Å². The molecule has 1 aromatic heterocycles. The molecule has 88 valence electrons. The van der Waals surface area contributed by atoms with Gasteiger partial charge in [0.2, 0.25) is 5.95 Å². The highest BCUT2D eigenvalue weighted by Crippen LogP contribution is 2.37. The van der Waals surface area contributed by atoms with Crippen LogP contribution >= 0.6 is 57.4 Å². The van der Waals surface area contributed by atoms with Crippen LogP contribution in [0.1, 0.15) is 0 Å². The Labute approximate surface area is 126 Å². The second-order valence-corrected chi connectivity index (χ2v) is 5.59. The van der Waals surface area contributed by atoms with Gasteiger partial charge in [0.1, 0.15) is 0 Å². The van der Waals surface area contributed by atoms with Crippen molar-refractivity contribution in [2.24, 2.45) is 0 Å². The van der Waals surface area contributed by atoms with Crippen molar-refractivity contribution in [2.45, 2.75) is 0 Å². The van der Waals surface area contributed by atoms with Crippen LogP contribution in [0.3, 0.4) is 0 Å². The highest BCUT2D eigenvalue weighted by Gasteiger charge is 2.15. The molecule has 1 aromatic carbocycles. The molecule has 0 saturated carbocycles. The van der Waals surface area contributed by atoms with Gasteiger partial charge in [-0.25, -0.2) is 4.98 Å². The molecule has 0 aliphatic rings. The monoisotopic (exact) mass is 401 g/mol. The van der Waals surface area contributed by atoms with Crippen LogP contribution in [0.2, 0.25) is 15.1 Å². The molecule has 1 heterocycles. The Hall–Kier alpha value is -0.100. The number of aromatic nitrogens is 1. The van der Waals surface area contributed by atoms with E-state index in [4.69, 9.17) is 34.8 Å². The number of pyridine rings is 1. The van der Waals surface area contributed by atoms with E-state index in [0.29, 0.717) is 29.8 Å². The van der Waals surface area contributed by atoms with Crippen LogP contribution in [-0.4, -0.2) is 4.98 Å². The molecule has 2 aromatic rings. The van der Waals surface area contributed by atoms with Crippen molar-refractivity contribution >= 4 is 57.4 Å². The van der Waals surface area contributed by atoms with E-state index in [1.54, 1.807) is 6.07 Å². The van der Waals surface area contributed by atoms with Gasteiger partial charge in [-0.2, -0.15) is 4.39 Å². The van der Waals surface area contributed by atoms with Crippen molar-refractivity contribution in [3.8, 4) is 11.1 Å². The fourth-order valence-electron chi connectivity index (χ4n) is 1.37. The molecule has 0 bridgehead atoms. The fraction of sp³-hybridized carbons (Fsp3) is 0. The summed E-state index contributed by atoms with van der Waals surface area (Å²) in [5, 5.41) is 0.994. The van der Waals surface area contributed by atoms with Gasteiger partial charge in [0.05, 0.1) is 20.6 Å². The quantitative estimate of drug-likeness (QED) is 0.351. The first-order valence-corrected chi connectivity index (χ1v) is 6.67. The van der Waals surface area contributed by atoms with Crippen molar-refractivity contribution in [2.75, 3.05) is 0 Å². The summed E-state index contributed by atoms with van der Waals surface area (Å²) < 4.78 is 14.4. The van der Waals surface area contributed by atoms with Gasteiger partial charge in [-0.1, -0.05) is 34.8 Å². The Morgan fingerprint density at radius 3 is 2.35 bits per heavy atom. The third-order valence-electron chi connectivity index (χ3n) is 2.13. The minimum Gasteiger partial charge on any atom is -0.228 e. The zero-order valence-corrected chi connectivity index (χ0v) is 12.6. The summed E-state index contributed by atoms with van der Waals surface area (Å²) in [6.45, 7) is 0.